The lowest BCUT2D eigenvalue weighted by Gasteiger charge is -1.98. The fourth-order valence-electron chi connectivity index (χ4n) is 1.88. The summed E-state index contributed by atoms with van der Waals surface area (Å²) in [6, 6.07) is 10.8. The average Bonchev–Trinajstić information content (AvgIpc) is 3.01. The maximum atomic E-state index is 11.9. The van der Waals surface area contributed by atoms with E-state index >= 15 is 0 Å². The second-order valence-corrected chi connectivity index (χ2v) is 5.51. The molecule has 0 aliphatic rings. The molecule has 116 valence electrons. The molecular weight excluding hydrogens is 336 g/mol. The molecule has 0 unspecified atom stereocenters. The molecule has 1 aromatic carbocycles. The molecule has 0 aliphatic carbocycles. The number of halogens is 1. The van der Waals surface area contributed by atoms with E-state index in [0.717, 1.165) is 10.2 Å². The van der Waals surface area contributed by atoms with Gasteiger partial charge in [0.1, 0.15) is 17.2 Å². The number of hydrogen-bond acceptors (Lipinski definition) is 5. The highest BCUT2D eigenvalue weighted by atomic mass is 35.5. The maximum absolute atomic E-state index is 11.9. The fraction of sp³-hybridized carbons (Fsp3) is 0.0667. The van der Waals surface area contributed by atoms with Gasteiger partial charge in [-0.25, -0.2) is 0 Å². The second kappa shape index (κ2) is 6.31. The average molecular weight is 347 g/mol. The van der Waals surface area contributed by atoms with Crippen LogP contribution in [0.2, 0.25) is 5.02 Å². The molecule has 8 heteroatoms. The lowest BCUT2D eigenvalue weighted by Crippen LogP contribution is -2.22. The molecule has 3 aromatic rings. The van der Waals surface area contributed by atoms with E-state index in [9.17, 15) is 4.79 Å². The first-order chi connectivity index (χ1) is 11.0. The summed E-state index contributed by atoms with van der Waals surface area (Å²) in [6.07, 6.45) is 1.42. The van der Waals surface area contributed by atoms with Gasteiger partial charge in [-0.1, -0.05) is 11.6 Å². The van der Waals surface area contributed by atoms with Crippen LogP contribution >= 0.6 is 23.8 Å². The van der Waals surface area contributed by atoms with Crippen LogP contribution in [0, 0.1) is 11.7 Å². The van der Waals surface area contributed by atoms with Crippen LogP contribution in [0.1, 0.15) is 11.5 Å². The molecule has 0 aliphatic heterocycles. The van der Waals surface area contributed by atoms with Crippen molar-refractivity contribution in [3.05, 3.63) is 68.0 Å². The van der Waals surface area contributed by atoms with Crippen molar-refractivity contribution < 1.29 is 4.42 Å². The SMILES string of the molecule is Cc1n[nH]c(=S)n(/N=C/c2ccc(-c3ccc(Cl)cc3)o2)c1=O. The Morgan fingerprint density at radius 3 is 2.78 bits per heavy atom. The van der Waals surface area contributed by atoms with E-state index in [1.165, 1.54) is 6.21 Å². The standard InChI is InChI=1S/C15H11ClN4O2S/c1-9-14(21)20(15(23)19-18-9)17-8-12-6-7-13(22-12)10-2-4-11(16)5-3-10/h2-8H,1H3,(H,19,23)/b17-8+. The quantitative estimate of drug-likeness (QED) is 0.582. The van der Waals surface area contributed by atoms with E-state index in [2.05, 4.69) is 15.3 Å². The lowest BCUT2D eigenvalue weighted by molar-refractivity contribution is 0.573. The lowest BCUT2D eigenvalue weighted by atomic mass is 10.2. The summed E-state index contributed by atoms with van der Waals surface area (Å²) in [5, 5.41) is 11.0. The zero-order valence-corrected chi connectivity index (χ0v) is 13.6. The third kappa shape index (κ3) is 3.30. The summed E-state index contributed by atoms with van der Waals surface area (Å²) >= 11 is 10.9. The number of aryl methyl sites for hydroxylation is 1. The molecule has 0 spiro atoms. The van der Waals surface area contributed by atoms with Crippen LogP contribution in [0.5, 0.6) is 0 Å². The van der Waals surface area contributed by atoms with Gasteiger partial charge in [-0.2, -0.15) is 14.9 Å². The summed E-state index contributed by atoms with van der Waals surface area (Å²) in [5.74, 6) is 1.16. The Morgan fingerprint density at radius 1 is 1.30 bits per heavy atom. The Hall–Kier alpha value is -2.51. The molecule has 3 rings (SSSR count). The minimum atomic E-state index is -0.380. The summed E-state index contributed by atoms with van der Waals surface area (Å²) < 4.78 is 6.84. The van der Waals surface area contributed by atoms with Crippen LogP contribution in [0.3, 0.4) is 0 Å². The van der Waals surface area contributed by atoms with E-state index in [4.69, 9.17) is 28.2 Å². The number of furan rings is 1. The molecule has 2 heterocycles. The van der Waals surface area contributed by atoms with Gasteiger partial charge in [-0.05, 0) is 55.5 Å². The van der Waals surface area contributed by atoms with E-state index in [-0.39, 0.29) is 16.0 Å². The van der Waals surface area contributed by atoms with E-state index in [0.29, 0.717) is 16.5 Å². The molecule has 0 bridgehead atoms. The monoisotopic (exact) mass is 346 g/mol. The molecule has 0 radical (unpaired) electrons. The fourth-order valence-corrected chi connectivity index (χ4v) is 2.19. The summed E-state index contributed by atoms with van der Waals surface area (Å²) in [7, 11) is 0. The highest BCUT2D eigenvalue weighted by molar-refractivity contribution is 7.71. The largest absolute Gasteiger partial charge is 0.455 e. The van der Waals surface area contributed by atoms with Gasteiger partial charge >= 0.3 is 0 Å². The predicted octanol–water partition coefficient (Wildman–Crippen LogP) is 3.40. The first-order valence-corrected chi connectivity index (χ1v) is 7.42. The molecule has 2 aromatic heterocycles. The molecule has 0 fully saturated rings. The molecule has 6 nitrogen and oxygen atoms in total. The molecule has 0 atom stereocenters. The Morgan fingerprint density at radius 2 is 2.04 bits per heavy atom. The highest BCUT2D eigenvalue weighted by Gasteiger charge is 2.05. The van der Waals surface area contributed by atoms with Crippen molar-refractivity contribution in [1.82, 2.24) is 14.9 Å². The maximum Gasteiger partial charge on any atom is 0.296 e. The molecule has 0 amide bonds. The van der Waals surface area contributed by atoms with Gasteiger partial charge in [0.25, 0.3) is 5.56 Å². The number of benzene rings is 1. The van der Waals surface area contributed by atoms with E-state index < -0.39 is 0 Å². The zero-order chi connectivity index (χ0) is 16.4. The number of nitrogens with zero attached hydrogens (tertiary/aromatic N) is 3. The number of hydrogen-bond donors (Lipinski definition) is 1. The smallest absolute Gasteiger partial charge is 0.296 e. The number of aromatic amines is 1. The van der Waals surface area contributed by atoms with E-state index in [1.54, 1.807) is 25.1 Å². The summed E-state index contributed by atoms with van der Waals surface area (Å²) in [4.78, 5) is 11.9. The van der Waals surface area contributed by atoms with Crippen molar-refractivity contribution in [2.24, 2.45) is 5.10 Å². The second-order valence-electron chi connectivity index (χ2n) is 4.68. The minimum absolute atomic E-state index is 0.112. The van der Waals surface area contributed by atoms with Crippen molar-refractivity contribution in [1.29, 1.82) is 0 Å². The minimum Gasteiger partial charge on any atom is -0.455 e. The topological polar surface area (TPSA) is 76.2 Å². The Labute approximate surface area is 141 Å². The molecule has 1 N–H and O–H groups in total. The van der Waals surface area contributed by atoms with Crippen molar-refractivity contribution >= 4 is 30.0 Å². The van der Waals surface area contributed by atoms with Crippen LogP contribution in [0.4, 0.5) is 0 Å². The Kier molecular flexibility index (Phi) is 4.22. The number of aromatic nitrogens is 3. The van der Waals surface area contributed by atoms with Crippen LogP contribution in [0.15, 0.2) is 50.7 Å². The van der Waals surface area contributed by atoms with Gasteiger partial charge < -0.3 is 4.42 Å². The van der Waals surface area contributed by atoms with Gasteiger partial charge in [0.15, 0.2) is 0 Å². The molecule has 23 heavy (non-hydrogen) atoms. The summed E-state index contributed by atoms with van der Waals surface area (Å²) in [5.41, 5.74) is 0.787. The highest BCUT2D eigenvalue weighted by Crippen LogP contribution is 2.23. The van der Waals surface area contributed by atoms with Crippen LogP contribution in [-0.2, 0) is 0 Å². The number of rotatable bonds is 3. The van der Waals surface area contributed by atoms with Gasteiger partial charge in [-0.15, -0.1) is 0 Å². The van der Waals surface area contributed by atoms with Gasteiger partial charge in [-0.3, -0.25) is 9.89 Å². The Balaban J connectivity index is 1.90. The number of nitrogens with one attached hydrogen (secondary N) is 1. The third-order valence-corrected chi connectivity index (χ3v) is 3.59. The van der Waals surface area contributed by atoms with Crippen molar-refractivity contribution in [3.8, 4) is 11.3 Å². The van der Waals surface area contributed by atoms with Gasteiger partial charge in [0.05, 0.1) is 6.21 Å². The molecular formula is C15H11ClN4O2S. The molecule has 0 saturated heterocycles. The van der Waals surface area contributed by atoms with Gasteiger partial charge in [0.2, 0.25) is 4.77 Å². The third-order valence-electron chi connectivity index (χ3n) is 3.07. The summed E-state index contributed by atoms with van der Waals surface area (Å²) in [6.45, 7) is 1.57. The zero-order valence-electron chi connectivity index (χ0n) is 12.0. The predicted molar refractivity (Wildman–Crippen MR) is 90.6 cm³/mol. The molecule has 0 saturated carbocycles. The van der Waals surface area contributed by atoms with Crippen molar-refractivity contribution in [2.75, 3.05) is 0 Å². The van der Waals surface area contributed by atoms with Crippen molar-refractivity contribution in [2.45, 2.75) is 6.92 Å². The normalized spacial score (nSPS) is 11.2. The van der Waals surface area contributed by atoms with Crippen LogP contribution in [0.25, 0.3) is 11.3 Å². The van der Waals surface area contributed by atoms with Crippen LogP contribution in [-0.4, -0.2) is 21.1 Å². The van der Waals surface area contributed by atoms with Crippen molar-refractivity contribution in [3.63, 3.8) is 0 Å². The van der Waals surface area contributed by atoms with Gasteiger partial charge in [0, 0.05) is 10.6 Å². The van der Waals surface area contributed by atoms with Crippen LogP contribution < -0.4 is 5.56 Å². The first kappa shape index (κ1) is 15.4. The Bertz CT molecular complexity index is 986. The number of H-pyrrole nitrogens is 1. The van der Waals surface area contributed by atoms with E-state index in [1.807, 2.05) is 18.2 Å². The first-order valence-electron chi connectivity index (χ1n) is 6.63.